The van der Waals surface area contributed by atoms with Crippen molar-refractivity contribution < 1.29 is 9.47 Å². The fraction of sp³-hybridized carbons (Fsp3) is 0.308. The standard InChI is InChI=1S/C13H13NO3/c1-14-11-5-3-2-4-9(11)6-10(13(14)15)12-7-16-8-17-12/h2-6,12H,7-8H2,1H3. The summed E-state index contributed by atoms with van der Waals surface area (Å²) in [5, 5.41) is 1.04. The van der Waals surface area contributed by atoms with E-state index in [-0.39, 0.29) is 18.5 Å². The highest BCUT2D eigenvalue weighted by atomic mass is 16.7. The molecular formula is C13H13NO3. The second-order valence-corrected chi connectivity index (χ2v) is 4.17. The van der Waals surface area contributed by atoms with Crippen LogP contribution in [-0.4, -0.2) is 18.0 Å². The van der Waals surface area contributed by atoms with Gasteiger partial charge < -0.3 is 14.0 Å². The van der Waals surface area contributed by atoms with Crippen LogP contribution in [0, 0.1) is 0 Å². The first-order chi connectivity index (χ1) is 8.27. The minimum atomic E-state index is -0.238. The Morgan fingerprint density at radius 2 is 2.18 bits per heavy atom. The summed E-state index contributed by atoms with van der Waals surface area (Å²) in [5.74, 6) is 0. The van der Waals surface area contributed by atoms with Gasteiger partial charge in [0.05, 0.1) is 12.1 Å². The van der Waals surface area contributed by atoms with Gasteiger partial charge in [0.1, 0.15) is 12.9 Å². The average Bonchev–Trinajstić information content (AvgIpc) is 2.87. The first-order valence-electron chi connectivity index (χ1n) is 5.55. The van der Waals surface area contributed by atoms with Crippen LogP contribution in [0.2, 0.25) is 0 Å². The third kappa shape index (κ3) is 1.66. The largest absolute Gasteiger partial charge is 0.352 e. The Kier molecular flexibility index (Phi) is 2.46. The predicted molar refractivity (Wildman–Crippen MR) is 63.8 cm³/mol. The van der Waals surface area contributed by atoms with Gasteiger partial charge in [0, 0.05) is 12.6 Å². The van der Waals surface area contributed by atoms with Gasteiger partial charge in [-0.15, -0.1) is 0 Å². The fourth-order valence-electron chi connectivity index (χ4n) is 2.19. The van der Waals surface area contributed by atoms with Crippen molar-refractivity contribution in [2.75, 3.05) is 13.4 Å². The van der Waals surface area contributed by atoms with E-state index in [2.05, 4.69) is 0 Å². The lowest BCUT2D eigenvalue weighted by molar-refractivity contribution is 0.0462. The summed E-state index contributed by atoms with van der Waals surface area (Å²) in [6, 6.07) is 9.72. The highest BCUT2D eigenvalue weighted by Gasteiger charge is 2.22. The van der Waals surface area contributed by atoms with E-state index in [0.29, 0.717) is 12.2 Å². The minimum Gasteiger partial charge on any atom is -0.352 e. The van der Waals surface area contributed by atoms with Crippen molar-refractivity contribution in [2.24, 2.45) is 7.05 Å². The van der Waals surface area contributed by atoms with Crippen molar-refractivity contribution in [3.63, 3.8) is 0 Å². The summed E-state index contributed by atoms with van der Waals surface area (Å²) in [6.07, 6.45) is -0.238. The number of para-hydroxylation sites is 1. The number of pyridine rings is 1. The van der Waals surface area contributed by atoms with Gasteiger partial charge in [-0.3, -0.25) is 4.79 Å². The number of aromatic nitrogens is 1. The molecule has 1 aliphatic heterocycles. The monoisotopic (exact) mass is 231 g/mol. The van der Waals surface area contributed by atoms with Crippen LogP contribution in [0.25, 0.3) is 10.9 Å². The molecule has 1 saturated heterocycles. The van der Waals surface area contributed by atoms with Crippen molar-refractivity contribution in [3.05, 3.63) is 46.2 Å². The normalized spacial score (nSPS) is 19.9. The molecule has 0 spiro atoms. The number of aryl methyl sites for hydroxylation is 1. The summed E-state index contributed by atoms with van der Waals surface area (Å²) in [5.41, 5.74) is 1.59. The second kappa shape index (κ2) is 3.98. The summed E-state index contributed by atoms with van der Waals surface area (Å²) < 4.78 is 12.2. The van der Waals surface area contributed by atoms with Gasteiger partial charge in [-0.25, -0.2) is 0 Å². The number of ether oxygens (including phenoxy) is 2. The lowest BCUT2D eigenvalue weighted by atomic mass is 10.1. The molecule has 4 heteroatoms. The number of hydrogen-bond donors (Lipinski definition) is 0. The summed E-state index contributed by atoms with van der Waals surface area (Å²) >= 11 is 0. The smallest absolute Gasteiger partial charge is 0.256 e. The number of benzene rings is 1. The van der Waals surface area contributed by atoms with Crippen molar-refractivity contribution in [3.8, 4) is 0 Å². The number of hydrogen-bond acceptors (Lipinski definition) is 3. The van der Waals surface area contributed by atoms with Crippen molar-refractivity contribution in [2.45, 2.75) is 6.10 Å². The third-order valence-electron chi connectivity index (χ3n) is 3.13. The molecule has 4 nitrogen and oxygen atoms in total. The molecule has 0 N–H and O–H groups in total. The van der Waals surface area contributed by atoms with Crippen LogP contribution in [0.5, 0.6) is 0 Å². The van der Waals surface area contributed by atoms with Crippen LogP contribution >= 0.6 is 0 Å². The lowest BCUT2D eigenvalue weighted by Gasteiger charge is -2.11. The molecular weight excluding hydrogens is 218 g/mol. The van der Waals surface area contributed by atoms with Crippen LogP contribution in [-0.2, 0) is 16.5 Å². The molecule has 0 amide bonds. The van der Waals surface area contributed by atoms with E-state index in [4.69, 9.17) is 9.47 Å². The molecule has 1 aromatic carbocycles. The zero-order valence-electron chi connectivity index (χ0n) is 9.55. The lowest BCUT2D eigenvalue weighted by Crippen LogP contribution is -2.24. The van der Waals surface area contributed by atoms with Gasteiger partial charge in [0.25, 0.3) is 5.56 Å². The fourth-order valence-corrected chi connectivity index (χ4v) is 2.19. The van der Waals surface area contributed by atoms with Crippen molar-refractivity contribution in [1.29, 1.82) is 0 Å². The van der Waals surface area contributed by atoms with E-state index in [9.17, 15) is 4.79 Å². The van der Waals surface area contributed by atoms with Crippen molar-refractivity contribution >= 4 is 10.9 Å². The van der Waals surface area contributed by atoms with Crippen LogP contribution in [0.4, 0.5) is 0 Å². The van der Waals surface area contributed by atoms with Crippen LogP contribution in [0.15, 0.2) is 35.1 Å². The number of fused-ring (bicyclic) bond motifs is 1. The molecule has 1 aliphatic rings. The summed E-state index contributed by atoms with van der Waals surface area (Å²) in [7, 11) is 1.78. The SMILES string of the molecule is Cn1c(=O)c(C2COCO2)cc2ccccc21. The molecule has 0 bridgehead atoms. The van der Waals surface area contributed by atoms with E-state index in [0.717, 1.165) is 10.9 Å². The molecule has 1 unspecified atom stereocenters. The van der Waals surface area contributed by atoms with E-state index in [1.807, 2.05) is 30.3 Å². The van der Waals surface area contributed by atoms with Gasteiger partial charge in [-0.2, -0.15) is 0 Å². The van der Waals surface area contributed by atoms with Crippen LogP contribution in [0.3, 0.4) is 0 Å². The quantitative estimate of drug-likeness (QED) is 0.748. The van der Waals surface area contributed by atoms with Gasteiger partial charge in [0.2, 0.25) is 0 Å². The highest BCUT2D eigenvalue weighted by Crippen LogP contribution is 2.22. The van der Waals surface area contributed by atoms with Gasteiger partial charge in [-0.1, -0.05) is 18.2 Å². The van der Waals surface area contributed by atoms with E-state index >= 15 is 0 Å². The van der Waals surface area contributed by atoms with Gasteiger partial charge in [0.15, 0.2) is 0 Å². The molecule has 2 aromatic rings. The van der Waals surface area contributed by atoms with Crippen molar-refractivity contribution in [1.82, 2.24) is 4.57 Å². The van der Waals surface area contributed by atoms with E-state index in [1.54, 1.807) is 11.6 Å². The van der Waals surface area contributed by atoms with Crippen LogP contribution in [0.1, 0.15) is 11.7 Å². The second-order valence-electron chi connectivity index (χ2n) is 4.17. The zero-order valence-corrected chi connectivity index (χ0v) is 9.55. The average molecular weight is 231 g/mol. The summed E-state index contributed by atoms with van der Waals surface area (Å²) in [6.45, 7) is 0.716. The maximum atomic E-state index is 12.2. The molecule has 2 heterocycles. The Labute approximate surface area is 98.4 Å². The number of nitrogens with zero attached hydrogens (tertiary/aromatic N) is 1. The van der Waals surface area contributed by atoms with Gasteiger partial charge >= 0.3 is 0 Å². The van der Waals surface area contributed by atoms with Gasteiger partial charge in [-0.05, 0) is 17.5 Å². The van der Waals surface area contributed by atoms with Crippen LogP contribution < -0.4 is 5.56 Å². The Bertz CT molecular complexity index is 612. The Morgan fingerprint density at radius 1 is 1.35 bits per heavy atom. The maximum absolute atomic E-state index is 12.2. The van der Waals surface area contributed by atoms with E-state index in [1.165, 1.54) is 0 Å². The highest BCUT2D eigenvalue weighted by molar-refractivity contribution is 5.79. The molecule has 1 fully saturated rings. The molecule has 3 rings (SSSR count). The zero-order chi connectivity index (χ0) is 11.8. The summed E-state index contributed by atoms with van der Waals surface area (Å²) in [4.78, 5) is 12.2. The topological polar surface area (TPSA) is 40.5 Å². The Morgan fingerprint density at radius 3 is 2.94 bits per heavy atom. The molecule has 88 valence electrons. The van der Waals surface area contributed by atoms with E-state index < -0.39 is 0 Å². The molecule has 17 heavy (non-hydrogen) atoms. The Hall–Kier alpha value is -1.65. The maximum Gasteiger partial charge on any atom is 0.256 e. The first-order valence-corrected chi connectivity index (χ1v) is 5.55. The molecule has 1 aromatic heterocycles. The predicted octanol–water partition coefficient (Wildman–Crippen LogP) is 1.58. The minimum absolute atomic E-state index is 0.0146. The first kappa shape index (κ1) is 10.5. The number of rotatable bonds is 1. The molecule has 0 radical (unpaired) electrons. The Balaban J connectivity index is 2.25. The molecule has 1 atom stereocenters. The molecule has 0 saturated carbocycles. The molecule has 0 aliphatic carbocycles. The third-order valence-corrected chi connectivity index (χ3v) is 3.13.